The second-order valence-electron chi connectivity index (χ2n) is 9.48. The maximum atomic E-state index is 13.4. The molecule has 1 amide bonds. The smallest absolute Gasteiger partial charge is 0.295 e. The summed E-state index contributed by atoms with van der Waals surface area (Å²) >= 11 is 0. The van der Waals surface area contributed by atoms with Crippen molar-refractivity contribution in [3.63, 3.8) is 0 Å². The number of carbonyl (C=O) groups excluding carboxylic acids is 2. The number of hydrogen-bond acceptors (Lipinski definition) is 6. The minimum absolute atomic E-state index is 0.0402. The Kier molecular flexibility index (Phi) is 7.92. The molecule has 7 nitrogen and oxygen atoms in total. The number of hydrogen-bond donors (Lipinski definition) is 1. The van der Waals surface area contributed by atoms with Crippen LogP contribution in [0.5, 0.6) is 11.5 Å². The van der Waals surface area contributed by atoms with Gasteiger partial charge in [0.15, 0.2) is 0 Å². The lowest BCUT2D eigenvalue weighted by Crippen LogP contribution is -2.29. The van der Waals surface area contributed by atoms with Crippen molar-refractivity contribution >= 4 is 17.4 Å². The second-order valence-corrected chi connectivity index (χ2v) is 9.48. The lowest BCUT2D eigenvalue weighted by atomic mass is 9.94. The van der Waals surface area contributed by atoms with E-state index < -0.39 is 17.7 Å². The monoisotopic (exact) mass is 500 g/mol. The van der Waals surface area contributed by atoms with Crippen molar-refractivity contribution in [2.75, 3.05) is 13.2 Å². The van der Waals surface area contributed by atoms with E-state index in [2.05, 4.69) is 18.8 Å². The number of rotatable bonds is 9. The van der Waals surface area contributed by atoms with Gasteiger partial charge in [-0.15, -0.1) is 0 Å². The van der Waals surface area contributed by atoms with E-state index in [1.165, 1.54) is 4.90 Å². The third-order valence-electron chi connectivity index (χ3n) is 6.12. The van der Waals surface area contributed by atoms with Crippen molar-refractivity contribution in [1.29, 1.82) is 0 Å². The van der Waals surface area contributed by atoms with Gasteiger partial charge in [0.1, 0.15) is 17.3 Å². The largest absolute Gasteiger partial charge is 0.507 e. The summed E-state index contributed by atoms with van der Waals surface area (Å²) < 4.78 is 11.5. The van der Waals surface area contributed by atoms with Crippen LogP contribution in [0.4, 0.5) is 0 Å². The molecule has 0 bridgehead atoms. The highest BCUT2D eigenvalue weighted by Crippen LogP contribution is 2.41. The van der Waals surface area contributed by atoms with Gasteiger partial charge in [0.05, 0.1) is 24.8 Å². The van der Waals surface area contributed by atoms with Crippen LogP contribution in [-0.2, 0) is 16.1 Å². The summed E-state index contributed by atoms with van der Waals surface area (Å²) in [6, 6.07) is 15.4. The molecule has 1 aromatic heterocycles. The molecule has 4 rings (SSSR count). The summed E-state index contributed by atoms with van der Waals surface area (Å²) in [7, 11) is 0. The van der Waals surface area contributed by atoms with E-state index in [-0.39, 0.29) is 17.9 Å². The van der Waals surface area contributed by atoms with Gasteiger partial charge in [0, 0.05) is 24.5 Å². The fourth-order valence-corrected chi connectivity index (χ4v) is 4.38. The highest BCUT2D eigenvalue weighted by atomic mass is 16.5. The molecular weight excluding hydrogens is 468 g/mol. The van der Waals surface area contributed by atoms with E-state index in [0.717, 1.165) is 11.1 Å². The number of aliphatic hydroxyl groups is 1. The number of carbonyl (C=O) groups is 2. The van der Waals surface area contributed by atoms with E-state index in [1.807, 2.05) is 44.2 Å². The molecule has 1 saturated heterocycles. The Labute approximate surface area is 217 Å². The maximum absolute atomic E-state index is 13.4. The summed E-state index contributed by atoms with van der Waals surface area (Å²) in [4.78, 5) is 32.3. The lowest BCUT2D eigenvalue weighted by Gasteiger charge is -2.26. The molecule has 7 heteroatoms. The molecule has 3 aromatic rings. The van der Waals surface area contributed by atoms with Gasteiger partial charge < -0.3 is 19.5 Å². The first-order valence-corrected chi connectivity index (χ1v) is 12.4. The average molecular weight is 501 g/mol. The van der Waals surface area contributed by atoms with Crippen LogP contribution in [0.25, 0.3) is 5.76 Å². The first-order chi connectivity index (χ1) is 17.8. The molecule has 1 unspecified atom stereocenters. The van der Waals surface area contributed by atoms with Crippen molar-refractivity contribution in [3.05, 3.63) is 94.8 Å². The van der Waals surface area contributed by atoms with Crippen LogP contribution in [0, 0.1) is 12.8 Å². The molecular formula is C30H32N2O5. The minimum atomic E-state index is -0.797. The van der Waals surface area contributed by atoms with Crippen molar-refractivity contribution in [2.24, 2.45) is 5.92 Å². The van der Waals surface area contributed by atoms with Gasteiger partial charge in [-0.25, -0.2) is 0 Å². The predicted octanol–water partition coefficient (Wildman–Crippen LogP) is 5.45. The molecule has 0 aliphatic carbocycles. The number of aryl methyl sites for hydroxylation is 1. The minimum Gasteiger partial charge on any atom is -0.507 e. The standard InChI is InChI=1S/C30H32N2O5/c1-5-36-25-12-11-23(14-20(25)4)28(33)26-27(22-9-6-10-24(15-22)37-18-19(2)3)32(30(35)29(26)34)17-21-8-7-13-31-16-21/h6-16,19,27,33H,5,17-18H2,1-4H3/b28-26+. The third-order valence-corrected chi connectivity index (χ3v) is 6.12. The van der Waals surface area contributed by atoms with Crippen LogP contribution in [0.1, 0.15) is 49.1 Å². The molecule has 1 fully saturated rings. The van der Waals surface area contributed by atoms with Crippen LogP contribution in [0.2, 0.25) is 0 Å². The van der Waals surface area contributed by atoms with Gasteiger partial charge in [-0.1, -0.05) is 32.0 Å². The fraction of sp³-hybridized carbons (Fsp3) is 0.300. The number of pyridine rings is 1. The molecule has 1 atom stereocenters. The Morgan fingerprint density at radius 1 is 1.08 bits per heavy atom. The lowest BCUT2D eigenvalue weighted by molar-refractivity contribution is -0.140. The number of ketones is 1. The van der Waals surface area contributed by atoms with Gasteiger partial charge in [-0.3, -0.25) is 14.6 Å². The fourth-order valence-electron chi connectivity index (χ4n) is 4.38. The molecule has 0 spiro atoms. The van der Waals surface area contributed by atoms with Gasteiger partial charge in [0.25, 0.3) is 11.7 Å². The molecule has 2 heterocycles. The summed E-state index contributed by atoms with van der Waals surface area (Å²) in [6.07, 6.45) is 3.31. The van der Waals surface area contributed by atoms with E-state index in [0.29, 0.717) is 41.8 Å². The van der Waals surface area contributed by atoms with Gasteiger partial charge >= 0.3 is 0 Å². The topological polar surface area (TPSA) is 89.0 Å². The number of nitrogens with zero attached hydrogens (tertiary/aromatic N) is 2. The molecule has 1 aliphatic rings. The van der Waals surface area contributed by atoms with E-state index >= 15 is 0 Å². The molecule has 192 valence electrons. The first kappa shape index (κ1) is 25.9. The Hall–Kier alpha value is -4.13. The molecule has 1 N–H and O–H groups in total. The number of aromatic nitrogens is 1. The molecule has 2 aromatic carbocycles. The van der Waals surface area contributed by atoms with Crippen LogP contribution in [0.3, 0.4) is 0 Å². The average Bonchev–Trinajstić information content (AvgIpc) is 3.14. The van der Waals surface area contributed by atoms with Gasteiger partial charge in [-0.2, -0.15) is 0 Å². The Morgan fingerprint density at radius 2 is 1.89 bits per heavy atom. The number of amides is 1. The summed E-state index contributed by atoms with van der Waals surface area (Å²) in [5.74, 6) is 0.0372. The van der Waals surface area contributed by atoms with Crippen LogP contribution < -0.4 is 9.47 Å². The molecule has 1 aliphatic heterocycles. The highest BCUT2D eigenvalue weighted by Gasteiger charge is 2.46. The summed E-state index contributed by atoms with van der Waals surface area (Å²) in [5.41, 5.74) is 2.75. The SMILES string of the molecule is CCOc1ccc(/C(O)=C2\C(=O)C(=O)N(Cc3cccnc3)C2c2cccc(OCC(C)C)c2)cc1C. The molecule has 37 heavy (non-hydrogen) atoms. The Balaban J connectivity index is 1.82. The quantitative estimate of drug-likeness (QED) is 0.239. The zero-order valence-electron chi connectivity index (χ0n) is 21.6. The Morgan fingerprint density at radius 3 is 2.57 bits per heavy atom. The maximum Gasteiger partial charge on any atom is 0.295 e. The second kappa shape index (κ2) is 11.3. The normalized spacial score (nSPS) is 16.9. The zero-order chi connectivity index (χ0) is 26.5. The number of benzene rings is 2. The van der Waals surface area contributed by atoms with E-state index in [1.54, 1.807) is 36.7 Å². The van der Waals surface area contributed by atoms with Crippen molar-refractivity contribution < 1.29 is 24.2 Å². The molecule has 0 radical (unpaired) electrons. The van der Waals surface area contributed by atoms with Crippen molar-refractivity contribution in [1.82, 2.24) is 9.88 Å². The number of Topliss-reactive ketones (excluding diaryl/α,β-unsaturated/α-hetero) is 1. The highest BCUT2D eigenvalue weighted by molar-refractivity contribution is 6.46. The van der Waals surface area contributed by atoms with E-state index in [9.17, 15) is 14.7 Å². The Bertz CT molecular complexity index is 1320. The van der Waals surface area contributed by atoms with Crippen molar-refractivity contribution in [2.45, 2.75) is 40.3 Å². The van der Waals surface area contributed by atoms with Crippen LogP contribution in [-0.4, -0.2) is 39.9 Å². The zero-order valence-corrected chi connectivity index (χ0v) is 21.6. The number of aliphatic hydroxyl groups excluding tert-OH is 1. The van der Waals surface area contributed by atoms with Gasteiger partial charge in [0.2, 0.25) is 0 Å². The van der Waals surface area contributed by atoms with Crippen LogP contribution >= 0.6 is 0 Å². The van der Waals surface area contributed by atoms with Crippen molar-refractivity contribution in [3.8, 4) is 11.5 Å². The number of ether oxygens (including phenoxy) is 2. The van der Waals surface area contributed by atoms with Crippen LogP contribution in [0.15, 0.2) is 72.6 Å². The van der Waals surface area contributed by atoms with Gasteiger partial charge in [-0.05, 0) is 72.9 Å². The first-order valence-electron chi connectivity index (χ1n) is 12.4. The number of likely N-dealkylation sites (tertiary alicyclic amines) is 1. The summed E-state index contributed by atoms with van der Waals surface area (Å²) in [6.45, 7) is 9.10. The predicted molar refractivity (Wildman–Crippen MR) is 141 cm³/mol. The third kappa shape index (κ3) is 5.66. The summed E-state index contributed by atoms with van der Waals surface area (Å²) in [5, 5.41) is 11.4. The molecule has 0 saturated carbocycles. The van der Waals surface area contributed by atoms with E-state index in [4.69, 9.17) is 9.47 Å².